The lowest BCUT2D eigenvalue weighted by molar-refractivity contribution is 0.224. The van der Waals surface area contributed by atoms with Crippen molar-refractivity contribution in [2.75, 3.05) is 32.5 Å². The Morgan fingerprint density at radius 1 is 1.23 bits per heavy atom. The molecule has 0 radical (unpaired) electrons. The third-order valence-electron chi connectivity index (χ3n) is 5.71. The topological polar surface area (TPSA) is 70.4 Å². The lowest BCUT2D eigenvalue weighted by atomic mass is 9.99. The van der Waals surface area contributed by atoms with Gasteiger partial charge in [-0.25, -0.2) is 8.42 Å². The Bertz CT molecular complexity index is 1030. The summed E-state index contributed by atoms with van der Waals surface area (Å²) in [6.45, 7) is 7.83. The summed E-state index contributed by atoms with van der Waals surface area (Å²) < 4.78 is 29.1. The third-order valence-corrected chi connectivity index (χ3v) is 7.06. The van der Waals surface area contributed by atoms with Gasteiger partial charge in [-0.15, -0.1) is 0 Å². The molecule has 5 nitrogen and oxygen atoms in total. The van der Waals surface area contributed by atoms with Crippen molar-refractivity contribution in [3.63, 3.8) is 0 Å². The van der Waals surface area contributed by atoms with E-state index in [9.17, 15) is 8.42 Å². The Balaban J connectivity index is 1.55. The maximum Gasteiger partial charge on any atom is 0.175 e. The molecular weight excluding hydrogens is 420 g/mol. The molecule has 1 fully saturated rings. The van der Waals surface area contributed by atoms with Crippen molar-refractivity contribution < 1.29 is 13.2 Å². The van der Waals surface area contributed by atoms with Crippen LogP contribution in [0.15, 0.2) is 47.4 Å². The van der Waals surface area contributed by atoms with Crippen LogP contribution in [0.4, 0.5) is 0 Å². The minimum Gasteiger partial charge on any atom is -0.493 e. The number of hydrogen-bond acceptors (Lipinski definition) is 5. The molecule has 0 unspecified atom stereocenters. The summed E-state index contributed by atoms with van der Waals surface area (Å²) in [5, 5.41) is 9.76. The van der Waals surface area contributed by atoms with E-state index in [0.29, 0.717) is 39.7 Å². The first-order valence-electron chi connectivity index (χ1n) is 10.0. The van der Waals surface area contributed by atoms with Gasteiger partial charge in [-0.05, 0) is 59.9 Å². The second kappa shape index (κ2) is 9.38. The van der Waals surface area contributed by atoms with E-state index in [1.165, 1.54) is 6.26 Å². The van der Waals surface area contributed by atoms with Crippen molar-refractivity contribution in [1.29, 1.82) is 5.26 Å². The molecule has 0 spiro atoms. The highest BCUT2D eigenvalue weighted by Crippen LogP contribution is 2.28. The zero-order chi connectivity index (χ0) is 21.9. The molecule has 0 bridgehead atoms. The zero-order valence-electron chi connectivity index (χ0n) is 17.5. The molecule has 160 valence electrons. The zero-order valence-corrected chi connectivity index (χ0v) is 19.1. The number of benzene rings is 2. The van der Waals surface area contributed by atoms with E-state index in [4.69, 9.17) is 21.6 Å². The summed E-state index contributed by atoms with van der Waals surface area (Å²) in [5.41, 5.74) is 1.67. The lowest BCUT2D eigenvalue weighted by Crippen LogP contribution is -2.26. The van der Waals surface area contributed by atoms with Crippen LogP contribution in [0.2, 0.25) is 5.02 Å². The second-order valence-electron chi connectivity index (χ2n) is 8.30. The second-order valence-corrected chi connectivity index (χ2v) is 10.7. The molecule has 3 atom stereocenters. The van der Waals surface area contributed by atoms with Crippen LogP contribution in [0.25, 0.3) is 0 Å². The summed E-state index contributed by atoms with van der Waals surface area (Å²) in [5.74, 6) is 1.86. The summed E-state index contributed by atoms with van der Waals surface area (Å²) >= 11 is 6.16. The predicted octanol–water partition coefficient (Wildman–Crippen LogP) is 4.37. The molecule has 1 aliphatic heterocycles. The van der Waals surface area contributed by atoms with E-state index in [1.54, 1.807) is 30.3 Å². The van der Waals surface area contributed by atoms with Gasteiger partial charge in [0.1, 0.15) is 5.75 Å². The number of rotatable bonds is 7. The van der Waals surface area contributed by atoms with Crippen LogP contribution in [0.5, 0.6) is 5.75 Å². The maximum atomic E-state index is 11.6. The molecule has 3 rings (SSSR count). The first kappa shape index (κ1) is 22.6. The molecular formula is C23H27ClN2O3S. The SMILES string of the molecule is C[C@@H]1CN(C[C@H](C)c2cc(Cl)cc(C#N)c2)C[C@H]1COc1ccc(S(C)(=O)=O)cc1. The average Bonchev–Trinajstić information content (AvgIpc) is 3.04. The quantitative estimate of drug-likeness (QED) is 0.631. The summed E-state index contributed by atoms with van der Waals surface area (Å²) in [4.78, 5) is 2.73. The minimum atomic E-state index is -3.20. The lowest BCUT2D eigenvalue weighted by Gasteiger charge is -2.21. The fourth-order valence-corrected chi connectivity index (χ4v) is 4.82. The normalized spacial score (nSPS) is 20.6. The number of ether oxygens (including phenoxy) is 1. The van der Waals surface area contributed by atoms with Crippen LogP contribution in [-0.4, -0.2) is 45.8 Å². The third kappa shape index (κ3) is 5.75. The maximum absolute atomic E-state index is 11.6. The van der Waals surface area contributed by atoms with Crippen LogP contribution in [0, 0.1) is 23.2 Å². The molecule has 1 aliphatic rings. The Hall–Kier alpha value is -2.07. The predicted molar refractivity (Wildman–Crippen MR) is 119 cm³/mol. The number of nitriles is 1. The number of nitrogens with zero attached hydrogens (tertiary/aromatic N) is 2. The molecule has 1 saturated heterocycles. The van der Waals surface area contributed by atoms with Crippen molar-refractivity contribution in [2.45, 2.75) is 24.7 Å². The van der Waals surface area contributed by atoms with E-state index in [-0.39, 0.29) is 5.92 Å². The van der Waals surface area contributed by atoms with Crippen LogP contribution >= 0.6 is 11.6 Å². The van der Waals surface area contributed by atoms with Crippen molar-refractivity contribution in [3.05, 3.63) is 58.6 Å². The summed E-state index contributed by atoms with van der Waals surface area (Å²) in [7, 11) is -3.20. The minimum absolute atomic E-state index is 0.270. The molecule has 0 N–H and O–H groups in total. The monoisotopic (exact) mass is 446 g/mol. The van der Waals surface area contributed by atoms with Gasteiger partial charge in [-0.2, -0.15) is 5.26 Å². The van der Waals surface area contributed by atoms with Crippen LogP contribution in [0.1, 0.15) is 30.9 Å². The van der Waals surface area contributed by atoms with E-state index >= 15 is 0 Å². The van der Waals surface area contributed by atoms with Crippen LogP contribution < -0.4 is 4.74 Å². The van der Waals surface area contributed by atoms with Gasteiger partial charge < -0.3 is 9.64 Å². The van der Waals surface area contributed by atoms with Crippen molar-refractivity contribution in [3.8, 4) is 11.8 Å². The summed E-state index contributed by atoms with van der Waals surface area (Å²) in [6.07, 6.45) is 1.20. The van der Waals surface area contributed by atoms with Crippen LogP contribution in [0.3, 0.4) is 0 Å². The largest absolute Gasteiger partial charge is 0.493 e. The molecule has 2 aromatic carbocycles. The Kier molecular flexibility index (Phi) is 7.07. The van der Waals surface area contributed by atoms with Gasteiger partial charge in [-0.1, -0.05) is 25.4 Å². The molecule has 0 aliphatic carbocycles. The molecule has 2 aromatic rings. The fraction of sp³-hybridized carbons (Fsp3) is 0.435. The molecule has 0 aromatic heterocycles. The van der Waals surface area contributed by atoms with Gasteiger partial charge in [-0.3, -0.25) is 0 Å². The summed E-state index contributed by atoms with van der Waals surface area (Å²) in [6, 6.07) is 14.3. The van der Waals surface area contributed by atoms with E-state index in [0.717, 1.165) is 25.2 Å². The van der Waals surface area contributed by atoms with E-state index in [2.05, 4.69) is 24.8 Å². The van der Waals surface area contributed by atoms with E-state index in [1.807, 2.05) is 12.1 Å². The first-order chi connectivity index (χ1) is 14.2. The van der Waals surface area contributed by atoms with Crippen molar-refractivity contribution >= 4 is 21.4 Å². The van der Waals surface area contributed by atoms with Crippen molar-refractivity contribution in [1.82, 2.24) is 4.90 Å². The highest BCUT2D eigenvalue weighted by molar-refractivity contribution is 7.90. The molecule has 7 heteroatoms. The van der Waals surface area contributed by atoms with Crippen LogP contribution in [-0.2, 0) is 9.84 Å². The Labute approximate surface area is 184 Å². The van der Waals surface area contributed by atoms with Gasteiger partial charge in [0.25, 0.3) is 0 Å². The first-order valence-corrected chi connectivity index (χ1v) is 12.3. The Morgan fingerprint density at radius 3 is 2.57 bits per heavy atom. The average molecular weight is 447 g/mol. The number of sulfone groups is 1. The Morgan fingerprint density at radius 2 is 1.93 bits per heavy atom. The van der Waals surface area contributed by atoms with Gasteiger partial charge in [0.15, 0.2) is 9.84 Å². The van der Waals surface area contributed by atoms with Crippen molar-refractivity contribution in [2.24, 2.45) is 11.8 Å². The highest BCUT2D eigenvalue weighted by atomic mass is 35.5. The number of likely N-dealkylation sites (tertiary alicyclic amines) is 1. The standard InChI is InChI=1S/C23H27ClN2O3S/c1-16(19-8-18(11-25)9-21(24)10-19)12-26-13-17(2)20(14-26)15-29-22-4-6-23(7-5-22)30(3,27)28/h4-10,16-17,20H,12-15H2,1-3H3/t16-,17+,20-/m0/s1. The smallest absolute Gasteiger partial charge is 0.175 e. The highest BCUT2D eigenvalue weighted by Gasteiger charge is 2.31. The molecule has 1 heterocycles. The van der Waals surface area contributed by atoms with E-state index < -0.39 is 9.84 Å². The van der Waals surface area contributed by atoms with Gasteiger partial charge >= 0.3 is 0 Å². The fourth-order valence-electron chi connectivity index (χ4n) is 3.95. The van der Waals surface area contributed by atoms with Gasteiger partial charge in [0.05, 0.1) is 23.1 Å². The number of halogens is 1. The number of hydrogen-bond donors (Lipinski definition) is 0. The van der Waals surface area contributed by atoms with Gasteiger partial charge in [0.2, 0.25) is 0 Å². The molecule has 0 amide bonds. The van der Waals surface area contributed by atoms with Gasteiger partial charge in [0, 0.05) is 36.8 Å². The molecule has 0 saturated carbocycles. The molecule has 30 heavy (non-hydrogen) atoms.